The zero-order valence-electron chi connectivity index (χ0n) is 5.66. The van der Waals surface area contributed by atoms with E-state index in [1.807, 2.05) is 12.1 Å². The highest BCUT2D eigenvalue weighted by Gasteiger charge is 1.96. The van der Waals surface area contributed by atoms with Crippen LogP contribution in [-0.4, -0.2) is 0 Å². The van der Waals surface area contributed by atoms with Crippen LogP contribution in [0.5, 0.6) is 0 Å². The molecule has 2 aromatic rings. The lowest BCUT2D eigenvalue weighted by Gasteiger charge is -1.86. The predicted octanol–water partition coefficient (Wildman–Crippen LogP) is 2.10. The standard InChI is InChI=1S/C9H4NO/c10-6-7-1-2-8-3-4-11-9(8)5-7/h1-3,5H. The molecule has 0 saturated heterocycles. The van der Waals surface area contributed by atoms with Crippen LogP contribution in [0.2, 0.25) is 0 Å². The minimum Gasteiger partial charge on any atom is -0.453 e. The molecule has 0 bridgehead atoms. The zero-order chi connectivity index (χ0) is 7.68. The largest absolute Gasteiger partial charge is 0.453 e. The first-order chi connectivity index (χ1) is 5.40. The summed E-state index contributed by atoms with van der Waals surface area (Å²) in [5.74, 6) is 0. The van der Waals surface area contributed by atoms with Crippen molar-refractivity contribution in [2.24, 2.45) is 0 Å². The molecule has 0 unspecified atom stereocenters. The Morgan fingerprint density at radius 2 is 2.36 bits per heavy atom. The molecule has 0 atom stereocenters. The van der Waals surface area contributed by atoms with Crippen molar-refractivity contribution < 1.29 is 4.42 Å². The second-order valence-corrected chi connectivity index (χ2v) is 2.23. The lowest BCUT2D eigenvalue weighted by Crippen LogP contribution is -1.70. The summed E-state index contributed by atoms with van der Waals surface area (Å²) in [4.78, 5) is 0. The van der Waals surface area contributed by atoms with Crippen LogP contribution in [0.1, 0.15) is 5.56 Å². The van der Waals surface area contributed by atoms with E-state index in [1.54, 1.807) is 18.2 Å². The smallest absolute Gasteiger partial charge is 0.170 e. The zero-order valence-corrected chi connectivity index (χ0v) is 5.66. The summed E-state index contributed by atoms with van der Waals surface area (Å²) in [6, 6.07) is 9.08. The number of furan rings is 1. The molecule has 0 amide bonds. The van der Waals surface area contributed by atoms with Crippen LogP contribution in [-0.2, 0) is 0 Å². The third-order valence-corrected chi connectivity index (χ3v) is 1.53. The SMILES string of the molecule is N#Cc1ccc2c[c]oc2c1. The molecule has 0 N–H and O–H groups in total. The second-order valence-electron chi connectivity index (χ2n) is 2.23. The van der Waals surface area contributed by atoms with E-state index in [2.05, 4.69) is 6.26 Å². The monoisotopic (exact) mass is 142 g/mol. The Labute approximate surface area is 63.7 Å². The molecule has 0 aliphatic carbocycles. The van der Waals surface area contributed by atoms with Crippen molar-refractivity contribution in [1.29, 1.82) is 5.26 Å². The maximum Gasteiger partial charge on any atom is 0.170 e. The van der Waals surface area contributed by atoms with Crippen molar-refractivity contribution >= 4 is 11.0 Å². The molecule has 1 aromatic carbocycles. The van der Waals surface area contributed by atoms with Gasteiger partial charge in [0.15, 0.2) is 6.26 Å². The molecule has 2 heteroatoms. The summed E-state index contributed by atoms with van der Waals surface area (Å²) in [5, 5.41) is 9.51. The van der Waals surface area contributed by atoms with Crippen LogP contribution in [0.4, 0.5) is 0 Å². The molecule has 0 aliphatic rings. The van der Waals surface area contributed by atoms with E-state index in [1.165, 1.54) is 0 Å². The van der Waals surface area contributed by atoms with Gasteiger partial charge >= 0.3 is 0 Å². The van der Waals surface area contributed by atoms with Crippen LogP contribution >= 0.6 is 0 Å². The van der Waals surface area contributed by atoms with Crippen molar-refractivity contribution in [2.75, 3.05) is 0 Å². The summed E-state index contributed by atoms with van der Waals surface area (Å²) in [6.07, 6.45) is 2.60. The molecule has 0 fully saturated rings. The normalized spacial score (nSPS) is 9.73. The molecular formula is C9H4NO. The Bertz CT molecular complexity index is 422. The van der Waals surface area contributed by atoms with Crippen molar-refractivity contribution in [3.8, 4) is 6.07 Å². The number of hydrogen-bond acceptors (Lipinski definition) is 2. The second kappa shape index (κ2) is 2.14. The highest BCUT2D eigenvalue weighted by atomic mass is 16.3. The van der Waals surface area contributed by atoms with Crippen LogP contribution < -0.4 is 0 Å². The average Bonchev–Trinajstić information content (AvgIpc) is 2.50. The Kier molecular flexibility index (Phi) is 1.16. The molecule has 0 saturated carbocycles. The van der Waals surface area contributed by atoms with Gasteiger partial charge in [-0.05, 0) is 24.3 Å². The van der Waals surface area contributed by atoms with Crippen LogP contribution in [0.15, 0.2) is 28.7 Å². The first-order valence-electron chi connectivity index (χ1n) is 3.20. The molecule has 0 spiro atoms. The molecule has 1 radical (unpaired) electrons. The number of hydrogen-bond donors (Lipinski definition) is 0. The third-order valence-electron chi connectivity index (χ3n) is 1.53. The van der Waals surface area contributed by atoms with E-state index in [-0.39, 0.29) is 0 Å². The first kappa shape index (κ1) is 5.99. The molecule has 51 valence electrons. The molecular weight excluding hydrogens is 138 g/mol. The van der Waals surface area contributed by atoms with Crippen molar-refractivity contribution in [3.05, 3.63) is 36.1 Å². The topological polar surface area (TPSA) is 36.9 Å². The highest BCUT2D eigenvalue weighted by molar-refractivity contribution is 5.78. The van der Waals surface area contributed by atoms with Gasteiger partial charge in [-0.15, -0.1) is 0 Å². The van der Waals surface area contributed by atoms with Crippen molar-refractivity contribution in [2.45, 2.75) is 0 Å². The van der Waals surface area contributed by atoms with Gasteiger partial charge in [0.05, 0.1) is 11.6 Å². The minimum absolute atomic E-state index is 0.612. The van der Waals surface area contributed by atoms with Gasteiger partial charge in [-0.3, -0.25) is 0 Å². The Morgan fingerprint density at radius 3 is 3.18 bits per heavy atom. The van der Waals surface area contributed by atoms with Gasteiger partial charge in [-0.2, -0.15) is 5.26 Å². The van der Waals surface area contributed by atoms with Gasteiger partial charge in [0.25, 0.3) is 0 Å². The van der Waals surface area contributed by atoms with E-state index >= 15 is 0 Å². The van der Waals surface area contributed by atoms with Crippen molar-refractivity contribution in [1.82, 2.24) is 0 Å². The molecule has 1 heterocycles. The summed E-state index contributed by atoms with van der Waals surface area (Å²) < 4.78 is 4.98. The van der Waals surface area contributed by atoms with Gasteiger partial charge in [-0.1, -0.05) is 0 Å². The fourth-order valence-corrected chi connectivity index (χ4v) is 0.968. The predicted molar refractivity (Wildman–Crippen MR) is 39.8 cm³/mol. The Morgan fingerprint density at radius 1 is 1.45 bits per heavy atom. The minimum atomic E-state index is 0.612. The quantitative estimate of drug-likeness (QED) is 0.564. The molecule has 0 aliphatic heterocycles. The number of nitrogens with zero attached hydrogens (tertiary/aromatic N) is 1. The molecule has 11 heavy (non-hydrogen) atoms. The number of rotatable bonds is 0. The fourth-order valence-electron chi connectivity index (χ4n) is 0.968. The maximum absolute atomic E-state index is 8.53. The molecule has 2 rings (SSSR count). The Hall–Kier alpha value is -1.75. The van der Waals surface area contributed by atoms with Gasteiger partial charge in [0.1, 0.15) is 5.58 Å². The summed E-state index contributed by atoms with van der Waals surface area (Å²) in [6.45, 7) is 0. The van der Waals surface area contributed by atoms with E-state index in [0.29, 0.717) is 11.1 Å². The number of fused-ring (bicyclic) bond motifs is 1. The summed E-state index contributed by atoms with van der Waals surface area (Å²) in [5.41, 5.74) is 1.32. The Balaban J connectivity index is 2.79. The fraction of sp³-hybridized carbons (Fsp3) is 0. The van der Waals surface area contributed by atoms with Gasteiger partial charge in [-0.25, -0.2) is 0 Å². The molecule has 1 aromatic heterocycles. The van der Waals surface area contributed by atoms with Gasteiger partial charge in [0.2, 0.25) is 0 Å². The lowest BCUT2D eigenvalue weighted by molar-refractivity contribution is 0.606. The number of nitriles is 1. The first-order valence-corrected chi connectivity index (χ1v) is 3.20. The highest BCUT2D eigenvalue weighted by Crippen LogP contribution is 2.15. The van der Waals surface area contributed by atoms with Crippen LogP contribution in [0.3, 0.4) is 0 Å². The summed E-state index contributed by atoms with van der Waals surface area (Å²) >= 11 is 0. The van der Waals surface area contributed by atoms with Gasteiger partial charge < -0.3 is 4.42 Å². The van der Waals surface area contributed by atoms with Crippen molar-refractivity contribution in [3.63, 3.8) is 0 Å². The number of benzene rings is 1. The van der Waals surface area contributed by atoms with Crippen LogP contribution in [0, 0.1) is 17.6 Å². The molecule has 2 nitrogen and oxygen atoms in total. The van der Waals surface area contributed by atoms with Crippen LogP contribution in [0.25, 0.3) is 11.0 Å². The average molecular weight is 142 g/mol. The van der Waals surface area contributed by atoms with E-state index in [0.717, 1.165) is 5.39 Å². The lowest BCUT2D eigenvalue weighted by atomic mass is 10.2. The maximum atomic E-state index is 8.53. The third kappa shape index (κ3) is 0.870. The van der Waals surface area contributed by atoms with E-state index in [9.17, 15) is 0 Å². The van der Waals surface area contributed by atoms with E-state index < -0.39 is 0 Å². The summed E-state index contributed by atoms with van der Waals surface area (Å²) in [7, 11) is 0. The van der Waals surface area contributed by atoms with E-state index in [4.69, 9.17) is 9.68 Å². The van der Waals surface area contributed by atoms with Gasteiger partial charge in [0, 0.05) is 5.39 Å².